The summed E-state index contributed by atoms with van der Waals surface area (Å²) in [5.41, 5.74) is 4.79. The first-order valence-corrected chi connectivity index (χ1v) is 7.92. The monoisotopic (exact) mass is 299 g/mol. The van der Waals surface area contributed by atoms with Crippen LogP contribution in [0.1, 0.15) is 25.7 Å². The fraction of sp³-hybridized carbons (Fsp3) is 0.500. The Kier molecular flexibility index (Phi) is 4.24. The number of nitrogen functional groups attached to an aromatic ring is 1. The van der Waals surface area contributed by atoms with Crippen molar-refractivity contribution >= 4 is 21.4 Å². The molecular formula is C12H17N3O4S. The van der Waals surface area contributed by atoms with Gasteiger partial charge in [0, 0.05) is 6.54 Å². The Morgan fingerprint density at radius 2 is 2.00 bits per heavy atom. The Hall–Kier alpha value is -1.67. The zero-order valence-electron chi connectivity index (χ0n) is 10.9. The van der Waals surface area contributed by atoms with Gasteiger partial charge >= 0.3 is 5.69 Å². The highest BCUT2D eigenvalue weighted by Gasteiger charge is 2.28. The van der Waals surface area contributed by atoms with Gasteiger partial charge in [0.1, 0.15) is 5.69 Å². The summed E-state index contributed by atoms with van der Waals surface area (Å²) >= 11 is 0. The lowest BCUT2D eigenvalue weighted by molar-refractivity contribution is -0.386. The van der Waals surface area contributed by atoms with E-state index in [1.165, 1.54) is 18.2 Å². The highest BCUT2D eigenvalue weighted by atomic mass is 32.2. The van der Waals surface area contributed by atoms with Crippen LogP contribution in [0.5, 0.6) is 0 Å². The third-order valence-electron chi connectivity index (χ3n) is 3.54. The summed E-state index contributed by atoms with van der Waals surface area (Å²) in [6.07, 6.45) is 4.18. The summed E-state index contributed by atoms with van der Waals surface area (Å²) in [6, 6.07) is 3.91. The third kappa shape index (κ3) is 3.07. The van der Waals surface area contributed by atoms with Gasteiger partial charge in [0.05, 0.1) is 4.92 Å². The molecule has 0 aromatic heterocycles. The normalized spacial score (nSPS) is 16.4. The number of nitro groups is 1. The van der Waals surface area contributed by atoms with Gasteiger partial charge < -0.3 is 5.73 Å². The summed E-state index contributed by atoms with van der Waals surface area (Å²) in [6.45, 7) is 0.314. The van der Waals surface area contributed by atoms with Gasteiger partial charge in [0.15, 0.2) is 4.90 Å². The number of nitrogens with zero attached hydrogens (tertiary/aromatic N) is 1. The molecule has 8 heteroatoms. The summed E-state index contributed by atoms with van der Waals surface area (Å²) < 4.78 is 26.8. The number of nitro benzene ring substituents is 1. The van der Waals surface area contributed by atoms with Crippen LogP contribution in [0.3, 0.4) is 0 Å². The lowest BCUT2D eigenvalue weighted by Crippen LogP contribution is -2.29. The molecular weight excluding hydrogens is 282 g/mol. The van der Waals surface area contributed by atoms with E-state index < -0.39 is 20.6 Å². The second kappa shape index (κ2) is 5.76. The van der Waals surface area contributed by atoms with E-state index in [2.05, 4.69) is 4.72 Å². The first-order chi connectivity index (χ1) is 9.42. The van der Waals surface area contributed by atoms with Crippen molar-refractivity contribution in [1.29, 1.82) is 0 Å². The van der Waals surface area contributed by atoms with Crippen molar-refractivity contribution < 1.29 is 13.3 Å². The number of nitrogens with one attached hydrogen (secondary N) is 1. The maximum absolute atomic E-state index is 12.2. The minimum atomic E-state index is -3.92. The van der Waals surface area contributed by atoms with E-state index >= 15 is 0 Å². The lowest BCUT2D eigenvalue weighted by Gasteiger charge is -2.11. The van der Waals surface area contributed by atoms with Gasteiger partial charge in [0.2, 0.25) is 10.0 Å². The average molecular weight is 299 g/mol. The smallest absolute Gasteiger partial charge is 0.312 e. The molecule has 1 saturated carbocycles. The molecule has 0 atom stereocenters. The predicted molar refractivity (Wildman–Crippen MR) is 74.7 cm³/mol. The minimum absolute atomic E-state index is 0.154. The zero-order chi connectivity index (χ0) is 14.8. The standard InChI is InChI=1S/C12H17N3O4S/c13-10-6-3-7-11(12(10)15(16)17)20(18,19)14-8-9-4-1-2-5-9/h3,6-7,9,14H,1-2,4-5,8,13H2. The quantitative estimate of drug-likeness (QED) is 0.487. The molecule has 1 fully saturated rings. The van der Waals surface area contributed by atoms with Crippen LogP contribution in [-0.2, 0) is 10.0 Å². The molecule has 1 aliphatic rings. The van der Waals surface area contributed by atoms with E-state index in [0.29, 0.717) is 12.5 Å². The van der Waals surface area contributed by atoms with Crippen LogP contribution in [0, 0.1) is 16.0 Å². The molecule has 1 aliphatic carbocycles. The van der Waals surface area contributed by atoms with Gasteiger partial charge in [-0.2, -0.15) is 0 Å². The van der Waals surface area contributed by atoms with Crippen molar-refractivity contribution in [3.8, 4) is 0 Å². The second-order valence-corrected chi connectivity index (χ2v) is 6.69. The fourth-order valence-electron chi connectivity index (χ4n) is 2.47. The van der Waals surface area contributed by atoms with Crippen molar-refractivity contribution in [1.82, 2.24) is 4.72 Å². The van der Waals surface area contributed by atoms with E-state index in [0.717, 1.165) is 25.7 Å². The number of rotatable bonds is 5. The van der Waals surface area contributed by atoms with Crippen LogP contribution >= 0.6 is 0 Å². The van der Waals surface area contributed by atoms with Gasteiger partial charge in [-0.3, -0.25) is 10.1 Å². The van der Waals surface area contributed by atoms with Crippen molar-refractivity contribution in [3.63, 3.8) is 0 Å². The number of para-hydroxylation sites is 1. The van der Waals surface area contributed by atoms with Crippen molar-refractivity contribution in [3.05, 3.63) is 28.3 Å². The summed E-state index contributed by atoms with van der Waals surface area (Å²) in [4.78, 5) is 9.84. The van der Waals surface area contributed by atoms with Gasteiger partial charge in [-0.15, -0.1) is 0 Å². The maximum Gasteiger partial charge on any atom is 0.312 e. The second-order valence-electron chi connectivity index (χ2n) is 4.95. The van der Waals surface area contributed by atoms with E-state index in [4.69, 9.17) is 5.73 Å². The highest BCUT2D eigenvalue weighted by Crippen LogP contribution is 2.30. The summed E-state index contributed by atoms with van der Waals surface area (Å²) in [5, 5.41) is 11.0. The van der Waals surface area contributed by atoms with Crippen molar-refractivity contribution in [2.24, 2.45) is 5.92 Å². The third-order valence-corrected chi connectivity index (χ3v) is 4.99. The molecule has 1 aromatic rings. The van der Waals surface area contributed by atoms with E-state index in [9.17, 15) is 18.5 Å². The molecule has 0 radical (unpaired) electrons. The molecule has 3 N–H and O–H groups in total. The molecule has 0 bridgehead atoms. The first kappa shape index (κ1) is 14.7. The maximum atomic E-state index is 12.2. The Balaban J connectivity index is 2.24. The van der Waals surface area contributed by atoms with Gasteiger partial charge in [-0.05, 0) is 30.9 Å². The van der Waals surface area contributed by atoms with Gasteiger partial charge in [0.25, 0.3) is 0 Å². The molecule has 0 saturated heterocycles. The molecule has 0 aliphatic heterocycles. The van der Waals surface area contributed by atoms with Crippen LogP contribution in [0.2, 0.25) is 0 Å². The molecule has 0 unspecified atom stereocenters. The van der Waals surface area contributed by atoms with Crippen LogP contribution in [0.4, 0.5) is 11.4 Å². The number of anilines is 1. The molecule has 0 spiro atoms. The van der Waals surface area contributed by atoms with Crippen LogP contribution < -0.4 is 10.5 Å². The largest absolute Gasteiger partial charge is 0.393 e. The number of benzene rings is 1. The van der Waals surface area contributed by atoms with Gasteiger partial charge in [-0.25, -0.2) is 13.1 Å². The molecule has 0 heterocycles. The summed E-state index contributed by atoms with van der Waals surface area (Å²) in [5.74, 6) is 0.310. The van der Waals surface area contributed by atoms with E-state index in [1.807, 2.05) is 0 Å². The molecule has 2 rings (SSSR count). The Morgan fingerprint density at radius 3 is 2.60 bits per heavy atom. The van der Waals surface area contributed by atoms with Gasteiger partial charge in [-0.1, -0.05) is 18.9 Å². The molecule has 110 valence electrons. The predicted octanol–water partition coefficient (Wildman–Crippen LogP) is 1.65. The Morgan fingerprint density at radius 1 is 1.35 bits per heavy atom. The fourth-order valence-corrected chi connectivity index (χ4v) is 3.79. The average Bonchev–Trinajstić information content (AvgIpc) is 2.89. The lowest BCUT2D eigenvalue weighted by atomic mass is 10.1. The number of hydrogen-bond acceptors (Lipinski definition) is 5. The highest BCUT2D eigenvalue weighted by molar-refractivity contribution is 7.89. The summed E-state index contributed by atoms with van der Waals surface area (Å²) in [7, 11) is -3.92. The molecule has 20 heavy (non-hydrogen) atoms. The minimum Gasteiger partial charge on any atom is -0.393 e. The number of sulfonamides is 1. The van der Waals surface area contributed by atoms with Crippen molar-refractivity contribution in [2.75, 3.05) is 12.3 Å². The molecule has 7 nitrogen and oxygen atoms in total. The number of hydrogen-bond donors (Lipinski definition) is 2. The zero-order valence-corrected chi connectivity index (χ0v) is 11.7. The van der Waals surface area contributed by atoms with E-state index in [-0.39, 0.29) is 10.6 Å². The van der Waals surface area contributed by atoms with Crippen molar-refractivity contribution in [2.45, 2.75) is 30.6 Å². The van der Waals surface area contributed by atoms with Crippen LogP contribution in [0.15, 0.2) is 23.1 Å². The molecule has 0 amide bonds. The first-order valence-electron chi connectivity index (χ1n) is 6.44. The number of nitrogens with two attached hydrogens (primary N) is 1. The van der Waals surface area contributed by atoms with Crippen LogP contribution in [0.25, 0.3) is 0 Å². The SMILES string of the molecule is Nc1cccc(S(=O)(=O)NCC2CCCC2)c1[N+](=O)[O-]. The topological polar surface area (TPSA) is 115 Å². The molecule has 1 aromatic carbocycles. The van der Waals surface area contributed by atoms with Crippen LogP contribution in [-0.4, -0.2) is 19.9 Å². The Labute approximate surface area is 117 Å². The Bertz CT molecular complexity index is 609. The van der Waals surface area contributed by atoms with E-state index in [1.54, 1.807) is 0 Å².